The molecule has 0 heterocycles. The highest BCUT2D eigenvalue weighted by molar-refractivity contribution is 9.10. The zero-order valence-corrected chi connectivity index (χ0v) is 18.8. The maximum atomic E-state index is 12.8. The molecule has 1 aliphatic rings. The highest BCUT2D eigenvalue weighted by atomic mass is 79.9. The molecule has 6 atom stereocenters. The molecule has 0 radical (unpaired) electrons. The quantitative estimate of drug-likeness (QED) is 0.403. The summed E-state index contributed by atoms with van der Waals surface area (Å²) in [5.74, 6) is -3.42. The molecule has 0 amide bonds. The van der Waals surface area contributed by atoms with Gasteiger partial charge in [-0.15, -0.1) is 0 Å². The summed E-state index contributed by atoms with van der Waals surface area (Å²) in [7, 11) is 0. The standard InChI is InChI=1S/C22H26BrNO6/c1-4-14(18(26)11-25)9-15(10-24)12(2)21(27)29-19-16-7-5-6-8-17(16)20(19)30-22(28)13(3)23/h5-8,12-15,19-20,25H,4,9,11H2,1-3H3/t12?,13?,14?,15?,19-,20+/m0/s1. The van der Waals surface area contributed by atoms with Crippen LogP contribution in [0.25, 0.3) is 0 Å². The number of carbonyl (C=O) groups excluding carboxylic acids is 3. The van der Waals surface area contributed by atoms with Gasteiger partial charge >= 0.3 is 11.9 Å². The maximum Gasteiger partial charge on any atom is 0.320 e. The van der Waals surface area contributed by atoms with Crippen LogP contribution in [0.4, 0.5) is 0 Å². The average molecular weight is 480 g/mol. The third-order valence-electron chi connectivity index (χ3n) is 5.48. The predicted molar refractivity (Wildman–Crippen MR) is 111 cm³/mol. The second-order valence-corrected chi connectivity index (χ2v) is 8.82. The van der Waals surface area contributed by atoms with Crippen molar-refractivity contribution in [2.24, 2.45) is 17.8 Å². The number of esters is 2. The number of aliphatic hydroxyl groups is 1. The second-order valence-electron chi connectivity index (χ2n) is 7.45. The van der Waals surface area contributed by atoms with Crippen LogP contribution in [-0.4, -0.2) is 34.3 Å². The van der Waals surface area contributed by atoms with E-state index < -0.39 is 53.3 Å². The minimum Gasteiger partial charge on any atom is -0.453 e. The van der Waals surface area contributed by atoms with E-state index >= 15 is 0 Å². The van der Waals surface area contributed by atoms with Crippen molar-refractivity contribution in [2.45, 2.75) is 50.6 Å². The van der Waals surface area contributed by atoms with Gasteiger partial charge in [0.1, 0.15) is 11.4 Å². The third-order valence-corrected chi connectivity index (χ3v) is 5.85. The number of alkyl halides is 1. The van der Waals surface area contributed by atoms with Crippen LogP contribution in [0.2, 0.25) is 0 Å². The molecule has 0 spiro atoms. The lowest BCUT2D eigenvalue weighted by molar-refractivity contribution is -0.177. The molecule has 0 aliphatic heterocycles. The smallest absolute Gasteiger partial charge is 0.320 e. The molecule has 1 aliphatic carbocycles. The summed E-state index contributed by atoms with van der Waals surface area (Å²) in [6.45, 7) is 4.43. The van der Waals surface area contributed by atoms with Crippen LogP contribution in [0.1, 0.15) is 56.9 Å². The summed E-state index contributed by atoms with van der Waals surface area (Å²) in [6.07, 6.45) is -0.807. The van der Waals surface area contributed by atoms with Gasteiger partial charge in [0, 0.05) is 17.0 Å². The summed E-state index contributed by atoms with van der Waals surface area (Å²) in [6, 6.07) is 9.31. The number of halogens is 1. The van der Waals surface area contributed by atoms with Crippen molar-refractivity contribution < 1.29 is 29.0 Å². The average Bonchev–Trinajstić information content (AvgIpc) is 2.75. The van der Waals surface area contributed by atoms with E-state index in [1.165, 1.54) is 0 Å². The fourth-order valence-electron chi connectivity index (χ4n) is 3.46. The van der Waals surface area contributed by atoms with E-state index in [0.29, 0.717) is 6.42 Å². The van der Waals surface area contributed by atoms with Gasteiger partial charge in [0.2, 0.25) is 0 Å². The number of fused-ring (bicyclic) bond motifs is 1. The summed E-state index contributed by atoms with van der Waals surface area (Å²) >= 11 is 3.17. The Kier molecular flexibility index (Phi) is 8.56. The number of carbonyl (C=O) groups is 3. The number of hydrogen-bond acceptors (Lipinski definition) is 7. The molecule has 0 saturated carbocycles. The number of ketones is 1. The molecule has 30 heavy (non-hydrogen) atoms. The SMILES string of the molecule is CCC(CC(C#N)C(C)C(=O)O[C@H]1c2ccccc2[C@H]1OC(=O)C(C)Br)C(=O)CO. The highest BCUT2D eigenvalue weighted by Gasteiger charge is 2.44. The Morgan fingerprint density at radius 1 is 1.13 bits per heavy atom. The number of nitrogens with zero attached hydrogens (tertiary/aromatic N) is 1. The van der Waals surface area contributed by atoms with Crippen molar-refractivity contribution in [3.8, 4) is 6.07 Å². The van der Waals surface area contributed by atoms with Crippen LogP contribution in [0, 0.1) is 29.1 Å². The zero-order chi connectivity index (χ0) is 22.4. The summed E-state index contributed by atoms with van der Waals surface area (Å²) in [4.78, 5) is 36.1. The zero-order valence-electron chi connectivity index (χ0n) is 17.2. The highest BCUT2D eigenvalue weighted by Crippen LogP contribution is 2.48. The van der Waals surface area contributed by atoms with Crippen LogP contribution in [0.5, 0.6) is 0 Å². The summed E-state index contributed by atoms with van der Waals surface area (Å²) < 4.78 is 11.1. The second kappa shape index (κ2) is 10.7. The normalized spacial score (nSPS) is 21.1. The number of rotatable bonds is 10. The molecule has 0 bridgehead atoms. The lowest BCUT2D eigenvalue weighted by Crippen LogP contribution is -2.35. The predicted octanol–water partition coefficient (Wildman–Crippen LogP) is 3.41. The Morgan fingerprint density at radius 3 is 2.10 bits per heavy atom. The van der Waals surface area contributed by atoms with Crippen molar-refractivity contribution >= 4 is 33.7 Å². The maximum absolute atomic E-state index is 12.8. The van der Waals surface area contributed by atoms with Crippen LogP contribution in [0.3, 0.4) is 0 Å². The van der Waals surface area contributed by atoms with E-state index in [-0.39, 0.29) is 12.2 Å². The molecule has 0 aromatic heterocycles. The minimum absolute atomic E-state index is 0.170. The summed E-state index contributed by atoms with van der Waals surface area (Å²) in [5.41, 5.74) is 1.54. The van der Waals surface area contributed by atoms with Crippen LogP contribution < -0.4 is 0 Å². The number of hydrogen-bond donors (Lipinski definition) is 1. The summed E-state index contributed by atoms with van der Waals surface area (Å²) in [5, 5.41) is 18.6. The first-order valence-corrected chi connectivity index (χ1v) is 10.8. The topological polar surface area (TPSA) is 114 Å². The van der Waals surface area contributed by atoms with Gasteiger partial charge in [-0.1, -0.05) is 54.0 Å². The van der Waals surface area contributed by atoms with E-state index in [0.717, 1.165) is 11.1 Å². The van der Waals surface area contributed by atoms with Crippen LogP contribution in [-0.2, 0) is 23.9 Å². The molecule has 1 aromatic rings. The molecular weight excluding hydrogens is 454 g/mol. The molecule has 1 aromatic carbocycles. The Balaban J connectivity index is 2.11. The molecular formula is C22H26BrNO6. The van der Waals surface area contributed by atoms with Crippen molar-refractivity contribution in [2.75, 3.05) is 6.61 Å². The number of ether oxygens (including phenoxy) is 2. The molecule has 0 saturated heterocycles. The number of Topliss-reactive ketones (excluding diaryl/α,β-unsaturated/α-hetero) is 1. The molecule has 0 fully saturated rings. The van der Waals surface area contributed by atoms with Crippen molar-refractivity contribution in [3.63, 3.8) is 0 Å². The van der Waals surface area contributed by atoms with Crippen molar-refractivity contribution in [1.29, 1.82) is 5.26 Å². The fourth-order valence-corrected chi connectivity index (χ4v) is 3.56. The van der Waals surface area contributed by atoms with Gasteiger partial charge in [-0.2, -0.15) is 5.26 Å². The van der Waals surface area contributed by atoms with E-state index in [9.17, 15) is 19.6 Å². The van der Waals surface area contributed by atoms with Crippen molar-refractivity contribution in [3.05, 3.63) is 35.4 Å². The van der Waals surface area contributed by atoms with E-state index in [1.54, 1.807) is 32.9 Å². The molecule has 162 valence electrons. The number of aliphatic hydroxyl groups excluding tert-OH is 1. The van der Waals surface area contributed by atoms with Gasteiger partial charge in [0.05, 0.1) is 17.9 Å². The molecule has 2 rings (SSSR count). The van der Waals surface area contributed by atoms with Gasteiger partial charge in [0.15, 0.2) is 18.0 Å². The minimum atomic E-state index is -0.783. The monoisotopic (exact) mass is 479 g/mol. The van der Waals surface area contributed by atoms with E-state index in [1.807, 2.05) is 12.1 Å². The Labute approximate surface area is 184 Å². The van der Waals surface area contributed by atoms with Gasteiger partial charge < -0.3 is 14.6 Å². The first-order valence-electron chi connectivity index (χ1n) is 9.92. The lowest BCUT2D eigenvalue weighted by Gasteiger charge is -2.38. The molecule has 1 N–H and O–H groups in total. The van der Waals surface area contributed by atoms with Crippen LogP contribution in [0.15, 0.2) is 24.3 Å². The fraction of sp³-hybridized carbons (Fsp3) is 0.545. The van der Waals surface area contributed by atoms with Gasteiger partial charge in [-0.25, -0.2) is 0 Å². The Hall–Kier alpha value is -2.24. The lowest BCUT2D eigenvalue weighted by atomic mass is 9.81. The largest absolute Gasteiger partial charge is 0.453 e. The van der Waals surface area contributed by atoms with E-state index in [4.69, 9.17) is 14.6 Å². The first kappa shape index (κ1) is 24.0. The number of benzene rings is 1. The molecule has 4 unspecified atom stereocenters. The number of nitriles is 1. The van der Waals surface area contributed by atoms with Gasteiger partial charge in [0.25, 0.3) is 0 Å². The van der Waals surface area contributed by atoms with Crippen molar-refractivity contribution in [1.82, 2.24) is 0 Å². The van der Waals surface area contributed by atoms with Gasteiger partial charge in [-0.3, -0.25) is 14.4 Å². The third kappa shape index (κ3) is 5.27. The van der Waals surface area contributed by atoms with E-state index in [2.05, 4.69) is 22.0 Å². The molecule has 8 heteroatoms. The van der Waals surface area contributed by atoms with Crippen LogP contribution >= 0.6 is 15.9 Å². The van der Waals surface area contributed by atoms with Gasteiger partial charge in [-0.05, 0) is 19.8 Å². The Bertz CT molecular complexity index is 833. The Morgan fingerprint density at radius 2 is 1.67 bits per heavy atom. The molecule has 7 nitrogen and oxygen atoms in total. The first-order chi connectivity index (χ1) is 14.2.